The molecule has 0 saturated carbocycles. The molecule has 0 radical (unpaired) electrons. The summed E-state index contributed by atoms with van der Waals surface area (Å²) in [6.45, 7) is 7.88. The summed E-state index contributed by atoms with van der Waals surface area (Å²) in [5.74, 6) is 4.95. The van der Waals surface area contributed by atoms with Crippen LogP contribution in [0.25, 0.3) is 0 Å². The van der Waals surface area contributed by atoms with Crippen LogP contribution in [0.1, 0.15) is 26.7 Å². The predicted octanol–water partition coefficient (Wildman–Crippen LogP) is 1.54. The van der Waals surface area contributed by atoms with Gasteiger partial charge < -0.3 is 14.9 Å². The lowest BCUT2D eigenvalue weighted by Crippen LogP contribution is -2.46. The summed E-state index contributed by atoms with van der Waals surface area (Å²) in [5.41, 5.74) is 2.04. The first-order chi connectivity index (χ1) is 9.86. The number of aliphatic hydroxyl groups excluding tert-OH is 2. The van der Waals surface area contributed by atoms with Gasteiger partial charge >= 0.3 is 0 Å². The molecule has 2 N–H and O–H groups in total. The maximum absolute atomic E-state index is 11.9. The van der Waals surface area contributed by atoms with E-state index in [2.05, 4.69) is 24.5 Å². The molecule has 0 aliphatic heterocycles. The second kappa shape index (κ2) is 7.94. The Kier molecular flexibility index (Phi) is 6.57. The fourth-order valence-electron chi connectivity index (χ4n) is 1.97. The average molecular weight is 290 g/mol. The molecule has 0 bridgehead atoms. The lowest BCUT2D eigenvalue weighted by Gasteiger charge is -2.27. The zero-order valence-corrected chi connectivity index (χ0v) is 12.7. The normalized spacial score (nSPS) is 24.7. The number of Topliss-reactive ketones (excluding diaryl/α,β-unsaturated/α-hetero) is 1. The minimum atomic E-state index is -1.39. The van der Waals surface area contributed by atoms with Gasteiger partial charge in [-0.3, -0.25) is 4.79 Å². The van der Waals surface area contributed by atoms with Crippen LogP contribution in [-0.2, 0) is 9.53 Å². The van der Waals surface area contributed by atoms with E-state index in [0.29, 0.717) is 12.0 Å². The van der Waals surface area contributed by atoms with Gasteiger partial charge in [0.15, 0.2) is 0 Å². The quantitative estimate of drug-likeness (QED) is 0.609. The summed E-state index contributed by atoms with van der Waals surface area (Å²) in [6.07, 6.45) is 1.59. The van der Waals surface area contributed by atoms with Crippen molar-refractivity contribution in [2.45, 2.75) is 45.0 Å². The molecule has 1 rings (SSSR count). The van der Waals surface area contributed by atoms with E-state index in [1.165, 1.54) is 18.8 Å². The number of ketones is 1. The number of ether oxygens (including phenoxy) is 1. The van der Waals surface area contributed by atoms with Crippen molar-refractivity contribution >= 4 is 5.78 Å². The van der Waals surface area contributed by atoms with Gasteiger partial charge in [-0.1, -0.05) is 30.1 Å². The largest absolute Gasteiger partial charge is 0.386 e. The van der Waals surface area contributed by atoms with Crippen molar-refractivity contribution in [3.63, 3.8) is 0 Å². The van der Waals surface area contributed by atoms with Gasteiger partial charge in [0.05, 0.1) is 5.57 Å². The third-order valence-corrected chi connectivity index (χ3v) is 3.16. The average Bonchev–Trinajstić information content (AvgIpc) is 2.41. The molecule has 0 fully saturated rings. The van der Waals surface area contributed by atoms with Crippen LogP contribution in [0.15, 0.2) is 35.5 Å². The Morgan fingerprint density at radius 3 is 2.71 bits per heavy atom. The molecule has 1 aliphatic rings. The summed E-state index contributed by atoms with van der Waals surface area (Å²) in [4.78, 5) is 11.9. The summed E-state index contributed by atoms with van der Waals surface area (Å²) in [5, 5.41) is 19.6. The van der Waals surface area contributed by atoms with Crippen LogP contribution < -0.4 is 0 Å². The van der Waals surface area contributed by atoms with Crippen LogP contribution in [0.2, 0.25) is 0 Å². The van der Waals surface area contributed by atoms with Crippen molar-refractivity contribution in [2.24, 2.45) is 0 Å². The molecule has 4 nitrogen and oxygen atoms in total. The molecule has 3 unspecified atom stereocenters. The van der Waals surface area contributed by atoms with Crippen LogP contribution >= 0.6 is 0 Å². The number of rotatable bonds is 4. The fourth-order valence-corrected chi connectivity index (χ4v) is 1.97. The topological polar surface area (TPSA) is 66.8 Å². The van der Waals surface area contributed by atoms with Gasteiger partial charge in [0.2, 0.25) is 5.78 Å². The molecule has 4 heteroatoms. The molecule has 0 aromatic heterocycles. The first-order valence-corrected chi connectivity index (χ1v) is 6.85. The Balaban J connectivity index is 2.75. The van der Waals surface area contributed by atoms with E-state index in [-0.39, 0.29) is 5.57 Å². The second-order valence-electron chi connectivity index (χ2n) is 5.25. The summed E-state index contributed by atoms with van der Waals surface area (Å²) < 4.78 is 4.90. The molecular weight excluding hydrogens is 268 g/mol. The number of allylic oxidation sites excluding steroid dienone is 3. The minimum absolute atomic E-state index is 0.103. The number of methoxy groups -OCH3 is 1. The molecule has 0 aromatic rings. The smallest absolute Gasteiger partial charge is 0.202 e. The third-order valence-electron chi connectivity index (χ3n) is 3.16. The highest BCUT2D eigenvalue weighted by Crippen LogP contribution is 2.18. The molecule has 0 heterocycles. The molecule has 0 amide bonds. The highest BCUT2D eigenvalue weighted by molar-refractivity contribution is 6.04. The van der Waals surface area contributed by atoms with Gasteiger partial charge in [-0.2, -0.15) is 0 Å². The van der Waals surface area contributed by atoms with Gasteiger partial charge in [-0.15, -0.1) is 0 Å². The van der Waals surface area contributed by atoms with Crippen molar-refractivity contribution in [3.8, 4) is 11.8 Å². The lowest BCUT2D eigenvalue weighted by molar-refractivity contribution is -0.137. The zero-order chi connectivity index (χ0) is 16.0. The van der Waals surface area contributed by atoms with Crippen molar-refractivity contribution in [1.82, 2.24) is 0 Å². The molecule has 0 spiro atoms. The first kappa shape index (κ1) is 17.4. The second-order valence-corrected chi connectivity index (χ2v) is 5.25. The van der Waals surface area contributed by atoms with Crippen LogP contribution in [0.3, 0.4) is 0 Å². The van der Waals surface area contributed by atoms with E-state index in [0.717, 1.165) is 6.42 Å². The van der Waals surface area contributed by atoms with Crippen molar-refractivity contribution in [3.05, 3.63) is 35.5 Å². The van der Waals surface area contributed by atoms with E-state index in [1.807, 2.05) is 13.8 Å². The van der Waals surface area contributed by atoms with Gasteiger partial charge in [0, 0.05) is 7.11 Å². The van der Waals surface area contributed by atoms with Crippen LogP contribution in [-0.4, -0.2) is 41.4 Å². The monoisotopic (exact) mass is 290 g/mol. The number of carbonyl (C=O) groups is 1. The Hall–Kier alpha value is -1.67. The number of aliphatic hydroxyl groups is 2. The summed E-state index contributed by atoms with van der Waals surface area (Å²) in [7, 11) is 1.33. The molecule has 0 aromatic carbocycles. The standard InChI is InChI=1S/C17H22O4/c1-11(2)6-5-7-12(3)8-9-13-10-14(18)17(21-4)16(20)15(13)19/h6,10,14,16-18,20H,3,5,7H2,1-2,4H3. The van der Waals surface area contributed by atoms with Crippen LogP contribution in [0.4, 0.5) is 0 Å². The number of carbonyl (C=O) groups excluding carboxylic acids is 1. The highest BCUT2D eigenvalue weighted by Gasteiger charge is 2.37. The van der Waals surface area contributed by atoms with E-state index in [1.54, 1.807) is 0 Å². The Bertz CT molecular complexity index is 527. The van der Waals surface area contributed by atoms with Gasteiger partial charge in [-0.05, 0) is 38.3 Å². The van der Waals surface area contributed by atoms with Gasteiger partial charge in [-0.25, -0.2) is 0 Å². The highest BCUT2D eigenvalue weighted by atomic mass is 16.5. The van der Waals surface area contributed by atoms with E-state index >= 15 is 0 Å². The van der Waals surface area contributed by atoms with E-state index in [4.69, 9.17) is 4.74 Å². The predicted molar refractivity (Wildman–Crippen MR) is 81.5 cm³/mol. The molecule has 3 atom stereocenters. The third kappa shape index (κ3) is 4.98. The fraction of sp³-hybridized carbons (Fsp3) is 0.471. The zero-order valence-electron chi connectivity index (χ0n) is 12.7. The molecule has 0 saturated heterocycles. The Morgan fingerprint density at radius 1 is 1.48 bits per heavy atom. The van der Waals surface area contributed by atoms with Crippen molar-refractivity contribution < 1.29 is 19.7 Å². The molecule has 21 heavy (non-hydrogen) atoms. The number of hydrogen-bond donors (Lipinski definition) is 2. The first-order valence-electron chi connectivity index (χ1n) is 6.85. The van der Waals surface area contributed by atoms with E-state index < -0.39 is 24.1 Å². The summed E-state index contributed by atoms with van der Waals surface area (Å²) >= 11 is 0. The van der Waals surface area contributed by atoms with Crippen molar-refractivity contribution in [1.29, 1.82) is 0 Å². The molecular formula is C17H22O4. The van der Waals surface area contributed by atoms with Gasteiger partial charge in [0.25, 0.3) is 0 Å². The molecule has 1 aliphatic carbocycles. The van der Waals surface area contributed by atoms with E-state index in [9.17, 15) is 15.0 Å². The van der Waals surface area contributed by atoms with Crippen LogP contribution in [0, 0.1) is 11.8 Å². The maximum atomic E-state index is 11.9. The lowest BCUT2D eigenvalue weighted by atomic mass is 9.91. The van der Waals surface area contributed by atoms with Crippen molar-refractivity contribution in [2.75, 3.05) is 7.11 Å². The Morgan fingerprint density at radius 2 is 2.14 bits per heavy atom. The maximum Gasteiger partial charge on any atom is 0.202 e. The Labute approximate surface area is 125 Å². The SMILES string of the molecule is C=C(C#CC1=CC(O)C(OC)C(O)C1=O)CCC=C(C)C. The number of hydrogen-bond acceptors (Lipinski definition) is 4. The summed E-state index contributed by atoms with van der Waals surface area (Å²) in [6, 6.07) is 0. The minimum Gasteiger partial charge on any atom is -0.386 e. The van der Waals surface area contributed by atoms with Gasteiger partial charge in [0.1, 0.15) is 18.3 Å². The van der Waals surface area contributed by atoms with Crippen LogP contribution in [0.5, 0.6) is 0 Å². The molecule has 114 valence electrons.